The van der Waals surface area contributed by atoms with Gasteiger partial charge in [0, 0.05) is 32.4 Å². The first-order valence-corrected chi connectivity index (χ1v) is 9.76. The Balaban J connectivity index is 1.36. The summed E-state index contributed by atoms with van der Waals surface area (Å²) in [4.78, 5) is 14.4. The van der Waals surface area contributed by atoms with Crippen molar-refractivity contribution in [3.63, 3.8) is 0 Å². The Hall–Kier alpha value is -2.34. The van der Waals surface area contributed by atoms with Crippen molar-refractivity contribution in [2.75, 3.05) is 20.3 Å². The number of aromatic nitrogens is 1. The fourth-order valence-corrected chi connectivity index (χ4v) is 3.85. The summed E-state index contributed by atoms with van der Waals surface area (Å²) in [5, 5.41) is 3.94. The van der Waals surface area contributed by atoms with Crippen molar-refractivity contribution < 1.29 is 18.8 Å². The van der Waals surface area contributed by atoms with Crippen molar-refractivity contribution in [1.82, 2.24) is 10.1 Å². The summed E-state index contributed by atoms with van der Waals surface area (Å²) in [6, 6.07) is 8.15. The highest BCUT2D eigenvalue weighted by atomic mass is 16.5. The molecule has 1 saturated heterocycles. The van der Waals surface area contributed by atoms with Crippen LogP contribution in [0.15, 0.2) is 28.8 Å². The molecule has 0 atom stereocenters. The Bertz CT molecular complexity index is 795. The molecular weight excluding hydrogens is 344 g/mol. The summed E-state index contributed by atoms with van der Waals surface area (Å²) in [5.41, 5.74) is 3.13. The first kappa shape index (κ1) is 18.0. The molecule has 144 valence electrons. The Morgan fingerprint density at radius 3 is 2.78 bits per heavy atom. The van der Waals surface area contributed by atoms with Crippen LogP contribution in [0.2, 0.25) is 0 Å². The summed E-state index contributed by atoms with van der Waals surface area (Å²) >= 11 is 0. The Morgan fingerprint density at radius 2 is 1.96 bits per heavy atom. The van der Waals surface area contributed by atoms with Crippen LogP contribution in [0.5, 0.6) is 5.75 Å². The molecule has 27 heavy (non-hydrogen) atoms. The first-order valence-electron chi connectivity index (χ1n) is 9.76. The normalized spacial score (nSPS) is 17.4. The van der Waals surface area contributed by atoms with Gasteiger partial charge in [-0.25, -0.2) is 0 Å². The number of aryl methyl sites for hydroxylation is 2. The number of hydrogen-bond acceptors (Lipinski definition) is 5. The van der Waals surface area contributed by atoms with E-state index in [1.807, 2.05) is 13.1 Å². The zero-order valence-electron chi connectivity index (χ0n) is 15.8. The van der Waals surface area contributed by atoms with Crippen LogP contribution in [0, 0.1) is 0 Å². The molecule has 1 aliphatic carbocycles. The maximum absolute atomic E-state index is 12.6. The third kappa shape index (κ3) is 4.16. The molecule has 2 heterocycles. The molecule has 2 aromatic rings. The van der Waals surface area contributed by atoms with Crippen molar-refractivity contribution in [3.8, 4) is 5.75 Å². The van der Waals surface area contributed by atoms with Crippen LogP contribution in [-0.4, -0.2) is 42.3 Å². The predicted molar refractivity (Wildman–Crippen MR) is 99.9 cm³/mol. The van der Waals surface area contributed by atoms with Gasteiger partial charge in [-0.05, 0) is 61.8 Å². The average Bonchev–Trinajstić information content (AvgIpc) is 3.20. The molecule has 1 aromatic carbocycles. The Morgan fingerprint density at radius 1 is 1.19 bits per heavy atom. The number of nitrogens with zero attached hydrogens (tertiary/aromatic N) is 2. The smallest absolute Gasteiger partial charge is 0.276 e. The summed E-state index contributed by atoms with van der Waals surface area (Å²) in [5.74, 6) is 1.27. The van der Waals surface area contributed by atoms with Crippen LogP contribution in [-0.2, 0) is 24.2 Å². The molecule has 0 unspecified atom stereocenters. The largest absolute Gasteiger partial charge is 0.486 e. The highest BCUT2D eigenvalue weighted by Gasteiger charge is 2.25. The molecule has 6 heteroatoms. The molecule has 1 amide bonds. The average molecular weight is 370 g/mol. The van der Waals surface area contributed by atoms with Gasteiger partial charge in [-0.3, -0.25) is 4.79 Å². The van der Waals surface area contributed by atoms with E-state index in [4.69, 9.17) is 14.0 Å². The van der Waals surface area contributed by atoms with Gasteiger partial charge >= 0.3 is 0 Å². The van der Waals surface area contributed by atoms with Gasteiger partial charge in [0.1, 0.15) is 12.4 Å². The lowest BCUT2D eigenvalue weighted by atomic mass is 9.92. The topological polar surface area (TPSA) is 64.8 Å². The second-order valence-electron chi connectivity index (χ2n) is 7.36. The SMILES string of the molecule is CN(C(=O)c1cc(COc2ccc3c(c2)CCCC3)on1)C1CCOCC1. The van der Waals surface area contributed by atoms with Crippen molar-refractivity contribution >= 4 is 5.91 Å². The van der Waals surface area contributed by atoms with Gasteiger partial charge in [0.2, 0.25) is 0 Å². The molecule has 1 aromatic heterocycles. The van der Waals surface area contributed by atoms with Crippen LogP contribution in [0.1, 0.15) is 53.1 Å². The second kappa shape index (κ2) is 8.13. The van der Waals surface area contributed by atoms with Crippen molar-refractivity contribution in [2.45, 2.75) is 51.2 Å². The van der Waals surface area contributed by atoms with Crippen molar-refractivity contribution in [3.05, 3.63) is 46.8 Å². The molecule has 0 radical (unpaired) electrons. The molecule has 0 saturated carbocycles. The summed E-state index contributed by atoms with van der Waals surface area (Å²) < 4.78 is 16.5. The Kier molecular flexibility index (Phi) is 5.43. The summed E-state index contributed by atoms with van der Waals surface area (Å²) in [6.07, 6.45) is 6.49. The maximum atomic E-state index is 12.6. The summed E-state index contributed by atoms with van der Waals surface area (Å²) in [6.45, 7) is 1.65. The zero-order valence-corrected chi connectivity index (χ0v) is 15.8. The van der Waals surface area contributed by atoms with Gasteiger partial charge in [0.05, 0.1) is 0 Å². The number of hydrogen-bond donors (Lipinski definition) is 0. The van der Waals surface area contributed by atoms with E-state index in [-0.39, 0.29) is 18.6 Å². The molecule has 2 aliphatic rings. The van der Waals surface area contributed by atoms with E-state index in [0.717, 1.165) is 31.4 Å². The van der Waals surface area contributed by atoms with E-state index in [0.29, 0.717) is 24.7 Å². The maximum Gasteiger partial charge on any atom is 0.276 e. The number of benzene rings is 1. The molecule has 4 rings (SSSR count). The summed E-state index contributed by atoms with van der Waals surface area (Å²) in [7, 11) is 1.82. The number of amides is 1. The lowest BCUT2D eigenvalue weighted by molar-refractivity contribution is 0.0356. The number of carbonyl (C=O) groups excluding carboxylic acids is 1. The fourth-order valence-electron chi connectivity index (χ4n) is 3.85. The molecule has 1 aliphatic heterocycles. The molecule has 0 spiro atoms. The minimum absolute atomic E-state index is 0.120. The minimum atomic E-state index is -0.120. The van der Waals surface area contributed by atoms with Crippen molar-refractivity contribution in [2.24, 2.45) is 0 Å². The van der Waals surface area contributed by atoms with E-state index in [2.05, 4.69) is 17.3 Å². The second-order valence-corrected chi connectivity index (χ2v) is 7.36. The number of ether oxygens (including phenoxy) is 2. The molecule has 1 fully saturated rings. The molecule has 0 N–H and O–H groups in total. The van der Waals surface area contributed by atoms with Gasteiger partial charge in [-0.15, -0.1) is 0 Å². The lowest BCUT2D eigenvalue weighted by Gasteiger charge is -2.30. The van der Waals surface area contributed by atoms with Gasteiger partial charge in [0.15, 0.2) is 11.5 Å². The molecule has 0 bridgehead atoms. The predicted octanol–water partition coefficient (Wildman–Crippen LogP) is 3.38. The van der Waals surface area contributed by atoms with Crippen LogP contribution < -0.4 is 4.74 Å². The van der Waals surface area contributed by atoms with Gasteiger partial charge in [0.25, 0.3) is 5.91 Å². The van der Waals surface area contributed by atoms with E-state index in [1.54, 1.807) is 11.0 Å². The first-order chi connectivity index (χ1) is 13.2. The molecule has 6 nitrogen and oxygen atoms in total. The highest BCUT2D eigenvalue weighted by Crippen LogP contribution is 2.26. The number of carbonyl (C=O) groups is 1. The number of rotatable bonds is 5. The van der Waals surface area contributed by atoms with E-state index in [9.17, 15) is 4.79 Å². The third-order valence-corrected chi connectivity index (χ3v) is 5.54. The Labute approximate surface area is 159 Å². The van der Waals surface area contributed by atoms with Crippen LogP contribution in [0.3, 0.4) is 0 Å². The van der Waals surface area contributed by atoms with Crippen LogP contribution in [0.25, 0.3) is 0 Å². The number of fused-ring (bicyclic) bond motifs is 1. The minimum Gasteiger partial charge on any atom is -0.486 e. The molecular formula is C21H26N2O4. The van der Waals surface area contributed by atoms with E-state index < -0.39 is 0 Å². The quantitative estimate of drug-likeness (QED) is 0.807. The van der Waals surface area contributed by atoms with Crippen LogP contribution >= 0.6 is 0 Å². The lowest BCUT2D eigenvalue weighted by Crippen LogP contribution is -2.40. The standard InChI is InChI=1S/C21H26N2O4/c1-23(17-8-10-25-11-9-17)21(24)20-13-19(27-22-20)14-26-18-7-6-15-4-2-3-5-16(15)12-18/h6-7,12-13,17H,2-5,8-11,14H2,1H3. The fraction of sp³-hybridized carbons (Fsp3) is 0.524. The highest BCUT2D eigenvalue weighted by molar-refractivity contribution is 5.92. The monoisotopic (exact) mass is 370 g/mol. The zero-order chi connectivity index (χ0) is 18.6. The van der Waals surface area contributed by atoms with Crippen molar-refractivity contribution in [1.29, 1.82) is 0 Å². The van der Waals surface area contributed by atoms with Gasteiger partial charge in [-0.2, -0.15) is 0 Å². The van der Waals surface area contributed by atoms with E-state index in [1.165, 1.54) is 24.0 Å². The van der Waals surface area contributed by atoms with E-state index >= 15 is 0 Å². The van der Waals surface area contributed by atoms with Crippen LogP contribution in [0.4, 0.5) is 0 Å². The van der Waals surface area contributed by atoms with Gasteiger partial charge in [-0.1, -0.05) is 11.2 Å². The van der Waals surface area contributed by atoms with Gasteiger partial charge < -0.3 is 18.9 Å². The third-order valence-electron chi connectivity index (χ3n) is 5.54.